The Morgan fingerprint density at radius 1 is 1.00 bits per heavy atom. The number of anilines is 1. The summed E-state index contributed by atoms with van der Waals surface area (Å²) in [6, 6.07) is 15.7. The molecule has 0 aromatic heterocycles. The van der Waals surface area contributed by atoms with Gasteiger partial charge in [0.05, 0.1) is 0 Å². The minimum atomic E-state index is 0.145. The van der Waals surface area contributed by atoms with E-state index in [2.05, 4.69) is 95.2 Å². The molecule has 0 bridgehead atoms. The summed E-state index contributed by atoms with van der Waals surface area (Å²) >= 11 is 0. The molecule has 1 nitrogen and oxygen atoms in total. The van der Waals surface area contributed by atoms with Crippen LogP contribution in [0.1, 0.15) is 55.4 Å². The van der Waals surface area contributed by atoms with Gasteiger partial charge in [-0.05, 0) is 60.1 Å². The molecule has 1 unspecified atom stereocenters. The Morgan fingerprint density at radius 3 is 2.38 bits per heavy atom. The highest BCUT2D eigenvalue weighted by Crippen LogP contribution is 2.44. The Balaban J connectivity index is 1.91. The molecule has 126 valence electrons. The fourth-order valence-corrected chi connectivity index (χ4v) is 4.13. The zero-order valence-corrected chi connectivity index (χ0v) is 15.9. The number of aryl methyl sites for hydroxylation is 1. The van der Waals surface area contributed by atoms with E-state index >= 15 is 0 Å². The maximum atomic E-state index is 2.39. The lowest BCUT2D eigenvalue weighted by Crippen LogP contribution is -2.22. The van der Waals surface area contributed by atoms with Crippen LogP contribution in [0.4, 0.5) is 5.69 Å². The van der Waals surface area contributed by atoms with Crippen molar-refractivity contribution in [1.82, 2.24) is 0 Å². The molecule has 0 spiro atoms. The smallest absolute Gasteiger partial charge is 0.0363 e. The van der Waals surface area contributed by atoms with E-state index < -0.39 is 0 Å². The van der Waals surface area contributed by atoms with Gasteiger partial charge in [0.25, 0.3) is 0 Å². The number of hydrogen-bond acceptors (Lipinski definition) is 1. The second-order valence-corrected chi connectivity index (χ2v) is 8.05. The van der Waals surface area contributed by atoms with Crippen LogP contribution in [0.3, 0.4) is 0 Å². The first-order valence-electron chi connectivity index (χ1n) is 8.85. The van der Waals surface area contributed by atoms with E-state index in [0.717, 1.165) is 6.42 Å². The predicted octanol–water partition coefficient (Wildman–Crippen LogP) is 5.93. The zero-order chi connectivity index (χ0) is 17.5. The molecular formula is C23H29N. The summed E-state index contributed by atoms with van der Waals surface area (Å²) < 4.78 is 0. The van der Waals surface area contributed by atoms with E-state index in [0.29, 0.717) is 5.92 Å². The van der Waals surface area contributed by atoms with Gasteiger partial charge in [0, 0.05) is 25.7 Å². The summed E-state index contributed by atoms with van der Waals surface area (Å²) in [7, 11) is 4.20. The number of nitrogens with zero attached hydrogens (tertiary/aromatic N) is 1. The maximum Gasteiger partial charge on any atom is 0.0363 e. The molecule has 0 fully saturated rings. The molecule has 3 rings (SSSR count). The van der Waals surface area contributed by atoms with E-state index in [1.165, 1.54) is 33.5 Å². The van der Waals surface area contributed by atoms with Crippen LogP contribution in [0.15, 0.2) is 48.0 Å². The van der Waals surface area contributed by atoms with Crippen LogP contribution in [0.2, 0.25) is 0 Å². The van der Waals surface area contributed by atoms with Gasteiger partial charge < -0.3 is 4.90 Å². The predicted molar refractivity (Wildman–Crippen MR) is 106 cm³/mol. The van der Waals surface area contributed by atoms with Crippen molar-refractivity contribution in [2.24, 2.45) is 0 Å². The van der Waals surface area contributed by atoms with Crippen molar-refractivity contribution >= 4 is 11.8 Å². The first kappa shape index (κ1) is 16.8. The molecule has 1 atom stereocenters. The average Bonchev–Trinajstić information content (AvgIpc) is 2.82. The molecule has 0 heterocycles. The SMILES string of the molecule is CC1=Cc2ccccc2C1CC(C)(C)c1ccc(N(C)C)cc1C. The summed E-state index contributed by atoms with van der Waals surface area (Å²) in [4.78, 5) is 2.17. The van der Waals surface area contributed by atoms with Gasteiger partial charge in [0.1, 0.15) is 0 Å². The minimum Gasteiger partial charge on any atom is -0.378 e. The van der Waals surface area contributed by atoms with Crippen LogP contribution in [0.5, 0.6) is 0 Å². The van der Waals surface area contributed by atoms with Gasteiger partial charge in [0.2, 0.25) is 0 Å². The van der Waals surface area contributed by atoms with Crippen molar-refractivity contribution in [3.63, 3.8) is 0 Å². The number of allylic oxidation sites excluding steroid dienone is 1. The molecule has 0 aliphatic heterocycles. The third kappa shape index (κ3) is 3.00. The van der Waals surface area contributed by atoms with Gasteiger partial charge in [-0.15, -0.1) is 0 Å². The van der Waals surface area contributed by atoms with Gasteiger partial charge in [0.15, 0.2) is 0 Å². The molecule has 1 aliphatic carbocycles. The van der Waals surface area contributed by atoms with Crippen LogP contribution < -0.4 is 4.90 Å². The molecule has 0 N–H and O–H groups in total. The van der Waals surface area contributed by atoms with Gasteiger partial charge in [-0.25, -0.2) is 0 Å². The molecule has 0 saturated carbocycles. The molecule has 1 heteroatoms. The second kappa shape index (κ2) is 6.12. The van der Waals surface area contributed by atoms with Crippen LogP contribution in [-0.2, 0) is 5.41 Å². The molecule has 0 amide bonds. The lowest BCUT2D eigenvalue weighted by Gasteiger charge is -2.32. The standard InChI is InChI=1S/C23H29N/c1-16-13-18-9-7-8-10-20(18)21(16)15-23(3,4)22-12-11-19(24(5)6)14-17(22)2/h7-14,21H,15H2,1-6H3. The molecule has 24 heavy (non-hydrogen) atoms. The monoisotopic (exact) mass is 319 g/mol. The van der Waals surface area contributed by atoms with Crippen molar-refractivity contribution in [2.75, 3.05) is 19.0 Å². The minimum absolute atomic E-state index is 0.145. The number of rotatable bonds is 4. The molecule has 0 saturated heterocycles. The largest absolute Gasteiger partial charge is 0.378 e. The Kier molecular flexibility index (Phi) is 4.29. The van der Waals surface area contributed by atoms with Crippen molar-refractivity contribution in [3.05, 3.63) is 70.3 Å². The molecular weight excluding hydrogens is 290 g/mol. The van der Waals surface area contributed by atoms with Gasteiger partial charge in [-0.3, -0.25) is 0 Å². The van der Waals surface area contributed by atoms with E-state index in [4.69, 9.17) is 0 Å². The van der Waals surface area contributed by atoms with Crippen LogP contribution >= 0.6 is 0 Å². The lowest BCUT2D eigenvalue weighted by molar-refractivity contribution is 0.448. The fraction of sp³-hybridized carbons (Fsp3) is 0.391. The third-order valence-electron chi connectivity index (χ3n) is 5.47. The Morgan fingerprint density at radius 2 is 1.71 bits per heavy atom. The first-order valence-corrected chi connectivity index (χ1v) is 8.85. The van der Waals surface area contributed by atoms with Crippen molar-refractivity contribution in [2.45, 2.75) is 45.4 Å². The summed E-state index contributed by atoms with van der Waals surface area (Å²) in [6.45, 7) is 9.30. The Labute approximate surface area is 147 Å². The normalized spacial score (nSPS) is 16.8. The van der Waals surface area contributed by atoms with Crippen LogP contribution in [-0.4, -0.2) is 14.1 Å². The molecule has 2 aromatic rings. The van der Waals surface area contributed by atoms with E-state index in [1.807, 2.05) is 0 Å². The topological polar surface area (TPSA) is 3.24 Å². The molecule has 0 radical (unpaired) electrons. The quantitative estimate of drug-likeness (QED) is 0.675. The summed E-state index contributed by atoms with van der Waals surface area (Å²) in [5.74, 6) is 0.532. The van der Waals surface area contributed by atoms with E-state index in [1.54, 1.807) is 0 Å². The number of hydrogen-bond donors (Lipinski definition) is 0. The first-order chi connectivity index (χ1) is 11.3. The zero-order valence-electron chi connectivity index (χ0n) is 15.9. The lowest BCUT2D eigenvalue weighted by atomic mass is 9.73. The Hall–Kier alpha value is -2.02. The second-order valence-electron chi connectivity index (χ2n) is 8.05. The van der Waals surface area contributed by atoms with Crippen LogP contribution in [0.25, 0.3) is 6.08 Å². The van der Waals surface area contributed by atoms with E-state index in [-0.39, 0.29) is 5.41 Å². The highest BCUT2D eigenvalue weighted by Gasteiger charge is 2.31. The Bertz CT molecular complexity index is 780. The van der Waals surface area contributed by atoms with Crippen molar-refractivity contribution in [3.8, 4) is 0 Å². The molecule has 2 aromatic carbocycles. The number of benzene rings is 2. The maximum absolute atomic E-state index is 2.39. The van der Waals surface area contributed by atoms with E-state index in [9.17, 15) is 0 Å². The highest BCUT2D eigenvalue weighted by molar-refractivity contribution is 5.66. The van der Waals surface area contributed by atoms with Gasteiger partial charge in [-0.1, -0.05) is 55.8 Å². The number of fused-ring (bicyclic) bond motifs is 1. The summed E-state index contributed by atoms with van der Waals surface area (Å²) in [6.07, 6.45) is 3.51. The van der Waals surface area contributed by atoms with Crippen LogP contribution in [0, 0.1) is 6.92 Å². The van der Waals surface area contributed by atoms with Crippen molar-refractivity contribution in [1.29, 1.82) is 0 Å². The average molecular weight is 319 g/mol. The van der Waals surface area contributed by atoms with Crippen molar-refractivity contribution < 1.29 is 0 Å². The fourth-order valence-electron chi connectivity index (χ4n) is 4.13. The summed E-state index contributed by atoms with van der Waals surface area (Å²) in [5.41, 5.74) is 8.65. The third-order valence-corrected chi connectivity index (χ3v) is 5.47. The summed E-state index contributed by atoms with van der Waals surface area (Å²) in [5, 5.41) is 0. The molecule has 1 aliphatic rings. The highest BCUT2D eigenvalue weighted by atomic mass is 15.1. The van der Waals surface area contributed by atoms with Gasteiger partial charge in [-0.2, -0.15) is 0 Å². The van der Waals surface area contributed by atoms with Gasteiger partial charge >= 0.3 is 0 Å².